The topological polar surface area (TPSA) is 52.1 Å². The van der Waals surface area contributed by atoms with E-state index in [1.54, 1.807) is 0 Å². The van der Waals surface area contributed by atoms with Crippen LogP contribution in [0.4, 0.5) is 0 Å². The Kier molecular flexibility index (Phi) is 8.46. The van der Waals surface area contributed by atoms with Crippen molar-refractivity contribution in [2.75, 3.05) is 0 Å². The van der Waals surface area contributed by atoms with Crippen molar-refractivity contribution in [2.24, 2.45) is 0 Å². The van der Waals surface area contributed by atoms with E-state index in [1.165, 1.54) is 0 Å². The molecule has 0 atom stereocenters. The zero-order chi connectivity index (χ0) is 41.0. The van der Waals surface area contributed by atoms with Crippen LogP contribution in [0, 0.1) is 0 Å². The summed E-state index contributed by atoms with van der Waals surface area (Å²) in [6.07, 6.45) is 0. The van der Waals surface area contributed by atoms with Gasteiger partial charge in [0, 0.05) is 38.2 Å². The Balaban J connectivity index is 1.10. The predicted molar refractivity (Wildman–Crippen MR) is 255 cm³/mol. The Labute approximate surface area is 358 Å². The monoisotopic (exact) mass is 792 g/mol. The summed E-state index contributed by atoms with van der Waals surface area (Å²) >= 11 is 0. The van der Waals surface area contributed by atoms with Gasteiger partial charge in [-0.2, -0.15) is 0 Å². The first-order valence-corrected chi connectivity index (χ1v) is 20.9. The molecule has 62 heavy (non-hydrogen) atoms. The average Bonchev–Trinajstić information content (AvgIpc) is 3.92. The standard InChI is InChI=1S/C58H36N2O2/c1-6-18-37(19-7-1)42-32-43(38-20-8-2-9-21-38)34-44(33-42)45-28-16-29-46-49-35-50-47-30-17-31-48(55(47)62-57(50)53(56(49)61-54(45)46)41-26-14-5-15-27-41)58-59-51(39-22-10-3-11-23-39)36-52(60-58)40-24-12-4-13-25-40/h1-36H. The molecule has 4 nitrogen and oxygen atoms in total. The van der Waals surface area contributed by atoms with E-state index in [9.17, 15) is 0 Å². The van der Waals surface area contributed by atoms with Gasteiger partial charge in [0.15, 0.2) is 5.82 Å². The average molecular weight is 793 g/mol. The Morgan fingerprint density at radius 3 is 1.15 bits per heavy atom. The van der Waals surface area contributed by atoms with Gasteiger partial charge in [-0.25, -0.2) is 9.97 Å². The molecule has 290 valence electrons. The highest BCUT2D eigenvalue weighted by Gasteiger charge is 2.24. The first-order valence-electron chi connectivity index (χ1n) is 20.9. The van der Waals surface area contributed by atoms with E-state index in [-0.39, 0.29) is 0 Å². The third-order valence-electron chi connectivity index (χ3n) is 11.9. The fourth-order valence-electron chi connectivity index (χ4n) is 8.91. The lowest BCUT2D eigenvalue weighted by atomic mass is 9.92. The van der Waals surface area contributed by atoms with Crippen molar-refractivity contribution in [3.8, 4) is 78.4 Å². The van der Waals surface area contributed by atoms with Crippen molar-refractivity contribution < 1.29 is 8.83 Å². The molecule has 0 fully saturated rings. The van der Waals surface area contributed by atoms with Crippen LogP contribution in [0.3, 0.4) is 0 Å². The number of hydrogen-bond donors (Lipinski definition) is 0. The maximum absolute atomic E-state index is 7.18. The maximum atomic E-state index is 7.18. The van der Waals surface area contributed by atoms with Gasteiger partial charge in [0.05, 0.1) is 22.5 Å². The van der Waals surface area contributed by atoms with Gasteiger partial charge in [-0.05, 0) is 69.8 Å². The minimum absolute atomic E-state index is 0.600. The van der Waals surface area contributed by atoms with Gasteiger partial charge >= 0.3 is 0 Å². The van der Waals surface area contributed by atoms with Gasteiger partial charge in [-0.15, -0.1) is 0 Å². The number of nitrogens with zero attached hydrogens (tertiary/aromatic N) is 2. The molecule has 0 unspecified atom stereocenters. The fraction of sp³-hybridized carbons (Fsp3) is 0. The lowest BCUT2D eigenvalue weighted by molar-refractivity contribution is 0.659. The van der Waals surface area contributed by atoms with Crippen LogP contribution in [0.1, 0.15) is 0 Å². The summed E-state index contributed by atoms with van der Waals surface area (Å²) in [6.45, 7) is 0. The largest absolute Gasteiger partial charge is 0.455 e. The zero-order valence-corrected chi connectivity index (χ0v) is 33.5. The molecule has 0 aliphatic heterocycles. The molecule has 0 aliphatic carbocycles. The molecule has 0 bridgehead atoms. The van der Waals surface area contributed by atoms with E-state index in [4.69, 9.17) is 18.8 Å². The highest BCUT2D eigenvalue weighted by Crippen LogP contribution is 2.48. The molecule has 0 saturated carbocycles. The zero-order valence-electron chi connectivity index (χ0n) is 33.5. The number of para-hydroxylation sites is 2. The van der Waals surface area contributed by atoms with Gasteiger partial charge in [-0.1, -0.05) is 182 Å². The van der Waals surface area contributed by atoms with Gasteiger partial charge in [0.1, 0.15) is 22.3 Å². The van der Waals surface area contributed by atoms with Crippen LogP contribution >= 0.6 is 0 Å². The Morgan fingerprint density at radius 1 is 0.258 bits per heavy atom. The highest BCUT2D eigenvalue weighted by atomic mass is 16.3. The highest BCUT2D eigenvalue weighted by molar-refractivity contribution is 6.24. The summed E-state index contributed by atoms with van der Waals surface area (Å²) in [6, 6.07) is 76.0. The molecule has 3 heterocycles. The lowest BCUT2D eigenvalue weighted by Gasteiger charge is -2.11. The summed E-state index contributed by atoms with van der Waals surface area (Å²) in [5.74, 6) is 0.600. The SMILES string of the molecule is c1ccc(-c2cc(-c3ccccc3)cc(-c3cccc4c3oc3c(-c5ccccc5)c5oc6c(-c7nc(-c8ccccc8)cc(-c8ccccc8)n7)cccc6c5cc34)c2)cc1. The molecule has 4 heteroatoms. The van der Waals surface area contributed by atoms with Crippen LogP contribution in [-0.2, 0) is 0 Å². The van der Waals surface area contributed by atoms with Gasteiger partial charge in [0.25, 0.3) is 0 Å². The molecule has 0 spiro atoms. The van der Waals surface area contributed by atoms with Crippen LogP contribution in [0.15, 0.2) is 227 Å². The van der Waals surface area contributed by atoms with E-state index in [2.05, 4.69) is 176 Å². The van der Waals surface area contributed by atoms with Crippen molar-refractivity contribution in [2.45, 2.75) is 0 Å². The molecule has 0 amide bonds. The van der Waals surface area contributed by atoms with E-state index in [1.807, 2.05) is 42.5 Å². The van der Waals surface area contributed by atoms with Crippen LogP contribution < -0.4 is 0 Å². The minimum atomic E-state index is 0.600. The first kappa shape index (κ1) is 35.6. The Morgan fingerprint density at radius 2 is 0.661 bits per heavy atom. The van der Waals surface area contributed by atoms with E-state index in [0.717, 1.165) is 116 Å². The van der Waals surface area contributed by atoms with Crippen molar-refractivity contribution in [3.05, 3.63) is 218 Å². The van der Waals surface area contributed by atoms with E-state index in [0.29, 0.717) is 5.82 Å². The van der Waals surface area contributed by atoms with Crippen molar-refractivity contribution in [1.29, 1.82) is 0 Å². The molecule has 0 N–H and O–H groups in total. The molecule has 9 aromatic carbocycles. The number of hydrogen-bond acceptors (Lipinski definition) is 4. The Hall–Kier alpha value is -8.34. The van der Waals surface area contributed by atoms with Crippen LogP contribution in [0.25, 0.3) is 122 Å². The van der Waals surface area contributed by atoms with Crippen molar-refractivity contribution >= 4 is 43.9 Å². The van der Waals surface area contributed by atoms with Crippen molar-refractivity contribution in [3.63, 3.8) is 0 Å². The molecule has 0 saturated heterocycles. The van der Waals surface area contributed by atoms with Gasteiger partial charge in [-0.3, -0.25) is 0 Å². The second kappa shape index (κ2) is 14.7. The number of aromatic nitrogens is 2. The molecule has 12 aromatic rings. The summed E-state index contributed by atoms with van der Waals surface area (Å²) < 4.78 is 14.3. The summed E-state index contributed by atoms with van der Waals surface area (Å²) in [5.41, 5.74) is 16.3. The number of rotatable bonds is 7. The third-order valence-corrected chi connectivity index (χ3v) is 11.9. The summed E-state index contributed by atoms with van der Waals surface area (Å²) in [7, 11) is 0. The Bertz CT molecular complexity index is 3260. The van der Waals surface area contributed by atoms with Crippen LogP contribution in [0.5, 0.6) is 0 Å². The van der Waals surface area contributed by atoms with Crippen molar-refractivity contribution in [1.82, 2.24) is 9.97 Å². The van der Waals surface area contributed by atoms with E-state index < -0.39 is 0 Å². The normalized spacial score (nSPS) is 11.5. The summed E-state index contributed by atoms with van der Waals surface area (Å²) in [4.78, 5) is 10.4. The van der Waals surface area contributed by atoms with Crippen LogP contribution in [-0.4, -0.2) is 9.97 Å². The van der Waals surface area contributed by atoms with Gasteiger partial charge in [0.2, 0.25) is 0 Å². The second-order valence-electron chi connectivity index (χ2n) is 15.7. The first-order chi connectivity index (χ1) is 30.7. The lowest BCUT2D eigenvalue weighted by Crippen LogP contribution is -1.96. The molecular formula is C58H36N2O2. The predicted octanol–water partition coefficient (Wildman–Crippen LogP) is 15.9. The molecule has 0 aliphatic rings. The fourth-order valence-corrected chi connectivity index (χ4v) is 8.91. The molecule has 0 radical (unpaired) electrons. The summed E-state index contributed by atoms with van der Waals surface area (Å²) in [5, 5.41) is 4.05. The molecule has 12 rings (SSSR count). The second-order valence-corrected chi connectivity index (χ2v) is 15.7. The smallest absolute Gasteiger partial charge is 0.164 e. The van der Waals surface area contributed by atoms with Gasteiger partial charge < -0.3 is 8.83 Å². The minimum Gasteiger partial charge on any atom is -0.455 e. The maximum Gasteiger partial charge on any atom is 0.164 e. The third kappa shape index (κ3) is 6.08. The van der Waals surface area contributed by atoms with E-state index >= 15 is 0 Å². The van der Waals surface area contributed by atoms with Crippen LogP contribution in [0.2, 0.25) is 0 Å². The quantitative estimate of drug-likeness (QED) is 0.161. The number of furan rings is 2. The molecular weight excluding hydrogens is 757 g/mol. The number of benzene rings is 9. The number of fused-ring (bicyclic) bond motifs is 6. The molecule has 3 aromatic heterocycles.